The van der Waals surface area contributed by atoms with Gasteiger partial charge in [-0.2, -0.15) is 0 Å². The van der Waals surface area contributed by atoms with Crippen LogP contribution >= 0.6 is 0 Å². The Bertz CT molecular complexity index is 194. The monoisotopic (exact) mass is 180 g/mol. The third-order valence-electron chi connectivity index (χ3n) is 3.35. The number of rotatable bonds is 5. The zero-order chi connectivity index (χ0) is 9.90. The highest BCUT2D eigenvalue weighted by Crippen LogP contribution is 2.52. The molecule has 1 rings (SSSR count). The van der Waals surface area contributed by atoms with Crippen LogP contribution in [0.25, 0.3) is 0 Å². The van der Waals surface area contributed by atoms with Crippen molar-refractivity contribution in [1.29, 1.82) is 0 Å². The maximum absolute atomic E-state index is 5.57. The van der Waals surface area contributed by atoms with Gasteiger partial charge in [0.2, 0.25) is 0 Å². The quantitative estimate of drug-likeness (QED) is 0.591. The van der Waals surface area contributed by atoms with Gasteiger partial charge in [0.15, 0.2) is 0 Å². The third-order valence-corrected chi connectivity index (χ3v) is 3.35. The molecular weight excluding hydrogens is 160 g/mol. The van der Waals surface area contributed by atoms with Gasteiger partial charge in [0.25, 0.3) is 0 Å². The summed E-state index contributed by atoms with van der Waals surface area (Å²) in [4.78, 5) is 0. The van der Waals surface area contributed by atoms with Crippen LogP contribution in [0.3, 0.4) is 0 Å². The van der Waals surface area contributed by atoms with Crippen molar-refractivity contribution in [3.63, 3.8) is 0 Å². The van der Waals surface area contributed by atoms with Crippen molar-refractivity contribution in [2.75, 3.05) is 7.11 Å². The largest absolute Gasteiger partial charge is 0.380 e. The average Bonchev–Trinajstić information content (AvgIpc) is 2.94. The zero-order valence-electron chi connectivity index (χ0n) is 8.97. The average molecular weight is 180 g/mol. The molecule has 0 aromatic rings. The summed E-state index contributed by atoms with van der Waals surface area (Å²) < 4.78 is 5.57. The number of hydrogen-bond acceptors (Lipinski definition) is 1. The van der Waals surface area contributed by atoms with Gasteiger partial charge in [0.05, 0.1) is 11.5 Å². The molecule has 0 spiro atoms. The van der Waals surface area contributed by atoms with Crippen LogP contribution in [0.1, 0.15) is 39.5 Å². The molecule has 0 aromatic carbocycles. The molecule has 0 heterocycles. The summed E-state index contributed by atoms with van der Waals surface area (Å²) in [5.74, 6) is 3.56. The van der Waals surface area contributed by atoms with Crippen molar-refractivity contribution in [2.24, 2.45) is 11.3 Å². The molecule has 1 saturated carbocycles. The maximum atomic E-state index is 5.57. The molecule has 0 amide bonds. The van der Waals surface area contributed by atoms with E-state index in [4.69, 9.17) is 11.2 Å². The Hall–Kier alpha value is -0.480. The van der Waals surface area contributed by atoms with Crippen LogP contribution in [-0.4, -0.2) is 13.2 Å². The van der Waals surface area contributed by atoms with E-state index in [1.807, 2.05) is 0 Å². The Morgan fingerprint density at radius 1 is 1.38 bits per heavy atom. The van der Waals surface area contributed by atoms with Gasteiger partial charge in [0.1, 0.15) is 0 Å². The van der Waals surface area contributed by atoms with E-state index < -0.39 is 0 Å². The standard InChI is InChI=1S/C12H20O/c1-5-10(6-2)11(13-4)12(7-3)8-9-12/h3,10-11H,5-6,8-9H2,1-2,4H3. The van der Waals surface area contributed by atoms with E-state index in [0.717, 1.165) is 12.8 Å². The molecule has 0 N–H and O–H groups in total. The molecule has 0 saturated heterocycles. The van der Waals surface area contributed by atoms with Crippen LogP contribution < -0.4 is 0 Å². The molecular formula is C12H20O. The molecule has 1 heteroatoms. The van der Waals surface area contributed by atoms with Crippen molar-refractivity contribution in [1.82, 2.24) is 0 Å². The van der Waals surface area contributed by atoms with E-state index in [0.29, 0.717) is 5.92 Å². The van der Waals surface area contributed by atoms with Gasteiger partial charge in [0, 0.05) is 7.11 Å². The topological polar surface area (TPSA) is 9.23 Å². The summed E-state index contributed by atoms with van der Waals surface area (Å²) in [7, 11) is 1.79. The van der Waals surface area contributed by atoms with Crippen molar-refractivity contribution in [3.05, 3.63) is 0 Å². The lowest BCUT2D eigenvalue weighted by atomic mass is 9.85. The molecule has 1 nitrogen and oxygen atoms in total. The lowest BCUT2D eigenvalue weighted by Crippen LogP contribution is -2.31. The minimum absolute atomic E-state index is 0.0887. The molecule has 13 heavy (non-hydrogen) atoms. The van der Waals surface area contributed by atoms with Gasteiger partial charge in [-0.15, -0.1) is 6.42 Å². The molecule has 0 radical (unpaired) electrons. The second kappa shape index (κ2) is 4.15. The predicted octanol–water partition coefficient (Wildman–Crippen LogP) is 2.85. The Labute approximate surface area is 81.9 Å². The highest BCUT2D eigenvalue weighted by Gasteiger charge is 2.50. The summed E-state index contributed by atoms with van der Waals surface area (Å²) in [6, 6.07) is 0. The van der Waals surface area contributed by atoms with Gasteiger partial charge in [-0.3, -0.25) is 0 Å². The number of hydrogen-bond donors (Lipinski definition) is 0. The maximum Gasteiger partial charge on any atom is 0.0764 e. The van der Waals surface area contributed by atoms with Crippen LogP contribution in [0.15, 0.2) is 0 Å². The van der Waals surface area contributed by atoms with Crippen molar-refractivity contribution >= 4 is 0 Å². The summed E-state index contributed by atoms with van der Waals surface area (Å²) >= 11 is 0. The summed E-state index contributed by atoms with van der Waals surface area (Å²) in [6.45, 7) is 4.43. The molecule has 0 bridgehead atoms. The number of terminal acetylenes is 1. The van der Waals surface area contributed by atoms with Gasteiger partial charge in [-0.05, 0) is 18.8 Å². The van der Waals surface area contributed by atoms with Gasteiger partial charge >= 0.3 is 0 Å². The molecule has 1 aliphatic carbocycles. The lowest BCUT2D eigenvalue weighted by Gasteiger charge is -2.28. The first-order valence-corrected chi connectivity index (χ1v) is 5.24. The van der Waals surface area contributed by atoms with Gasteiger partial charge < -0.3 is 4.74 Å². The normalized spacial score (nSPS) is 21.2. The van der Waals surface area contributed by atoms with Crippen molar-refractivity contribution < 1.29 is 4.74 Å². The van der Waals surface area contributed by atoms with Crippen molar-refractivity contribution in [2.45, 2.75) is 45.6 Å². The first-order chi connectivity index (χ1) is 6.24. The van der Waals surface area contributed by atoms with Crippen LogP contribution in [-0.2, 0) is 4.74 Å². The second-order valence-electron chi connectivity index (χ2n) is 4.03. The van der Waals surface area contributed by atoms with Gasteiger partial charge in [-0.1, -0.05) is 32.6 Å². The molecule has 1 unspecified atom stereocenters. The highest BCUT2D eigenvalue weighted by molar-refractivity contribution is 5.19. The zero-order valence-corrected chi connectivity index (χ0v) is 8.97. The fourth-order valence-electron chi connectivity index (χ4n) is 2.23. The Balaban J connectivity index is 2.67. The molecule has 1 aliphatic rings. The van der Waals surface area contributed by atoms with E-state index >= 15 is 0 Å². The molecule has 0 aliphatic heterocycles. The predicted molar refractivity (Wildman–Crippen MR) is 55.4 cm³/mol. The number of methoxy groups -OCH3 is 1. The molecule has 74 valence electrons. The lowest BCUT2D eigenvalue weighted by molar-refractivity contribution is 0.0113. The second-order valence-corrected chi connectivity index (χ2v) is 4.03. The minimum Gasteiger partial charge on any atom is -0.380 e. The van der Waals surface area contributed by atoms with Crippen LogP contribution in [0.2, 0.25) is 0 Å². The van der Waals surface area contributed by atoms with E-state index in [1.54, 1.807) is 7.11 Å². The summed E-state index contributed by atoms with van der Waals surface area (Å²) in [5, 5.41) is 0. The fraction of sp³-hybridized carbons (Fsp3) is 0.833. The van der Waals surface area contributed by atoms with Crippen molar-refractivity contribution in [3.8, 4) is 12.3 Å². The Morgan fingerprint density at radius 3 is 2.15 bits per heavy atom. The first-order valence-electron chi connectivity index (χ1n) is 5.24. The van der Waals surface area contributed by atoms with Gasteiger partial charge in [-0.25, -0.2) is 0 Å². The summed E-state index contributed by atoms with van der Waals surface area (Å²) in [6.07, 6.45) is 10.5. The highest BCUT2D eigenvalue weighted by atomic mass is 16.5. The number of ether oxygens (including phenoxy) is 1. The van der Waals surface area contributed by atoms with E-state index in [9.17, 15) is 0 Å². The molecule has 0 aromatic heterocycles. The molecule has 1 atom stereocenters. The fourth-order valence-corrected chi connectivity index (χ4v) is 2.23. The van der Waals surface area contributed by atoms with E-state index in [1.165, 1.54) is 12.8 Å². The minimum atomic E-state index is 0.0887. The summed E-state index contributed by atoms with van der Waals surface area (Å²) in [5.41, 5.74) is 0.0887. The smallest absolute Gasteiger partial charge is 0.0764 e. The van der Waals surface area contributed by atoms with E-state index in [-0.39, 0.29) is 11.5 Å². The van der Waals surface area contributed by atoms with Crippen LogP contribution in [0, 0.1) is 23.7 Å². The Kier molecular flexibility index (Phi) is 3.39. The Morgan fingerprint density at radius 2 is 1.92 bits per heavy atom. The van der Waals surface area contributed by atoms with Crippen LogP contribution in [0.5, 0.6) is 0 Å². The third kappa shape index (κ3) is 1.89. The van der Waals surface area contributed by atoms with E-state index in [2.05, 4.69) is 19.8 Å². The first kappa shape index (κ1) is 10.6. The SMILES string of the molecule is C#CC1(C(OC)C(CC)CC)CC1. The molecule has 1 fully saturated rings. The van der Waals surface area contributed by atoms with Crippen LogP contribution in [0.4, 0.5) is 0 Å².